The Hall–Kier alpha value is -1.43. The van der Waals surface area contributed by atoms with Crippen LogP contribution in [0.5, 0.6) is 5.75 Å². The van der Waals surface area contributed by atoms with Gasteiger partial charge in [0, 0.05) is 37.1 Å². The predicted molar refractivity (Wildman–Crippen MR) is 83.5 cm³/mol. The van der Waals surface area contributed by atoms with Crippen LogP contribution in [0.1, 0.15) is 10.4 Å². The van der Waals surface area contributed by atoms with E-state index in [2.05, 4.69) is 11.4 Å². The zero-order valence-corrected chi connectivity index (χ0v) is 12.9. The molecule has 1 N–H and O–H groups in total. The zero-order valence-electron chi connectivity index (χ0n) is 12.1. The van der Waals surface area contributed by atoms with Gasteiger partial charge in [0.2, 0.25) is 0 Å². The van der Waals surface area contributed by atoms with Crippen LogP contribution in [0.2, 0.25) is 0 Å². The van der Waals surface area contributed by atoms with Crippen molar-refractivity contribution in [3.63, 3.8) is 0 Å². The number of ether oxygens (including phenoxy) is 2. The Morgan fingerprint density at radius 3 is 2.86 bits per heavy atom. The van der Waals surface area contributed by atoms with Gasteiger partial charge >= 0.3 is 0 Å². The molecule has 1 aromatic carbocycles. The van der Waals surface area contributed by atoms with Crippen LogP contribution >= 0.6 is 11.3 Å². The molecule has 0 aliphatic carbocycles. The van der Waals surface area contributed by atoms with Crippen LogP contribution in [0.25, 0.3) is 0 Å². The first-order chi connectivity index (χ1) is 10.3. The van der Waals surface area contributed by atoms with Gasteiger partial charge in [-0.05, 0) is 17.5 Å². The fraction of sp³-hybridized carbons (Fsp3) is 0.375. The molecule has 0 amide bonds. The molecule has 0 unspecified atom stereocenters. The normalized spacial score (nSPS) is 10.8. The van der Waals surface area contributed by atoms with Gasteiger partial charge in [0.25, 0.3) is 0 Å². The smallest absolute Gasteiger partial charge is 0.165 e. The number of rotatable bonds is 9. The van der Waals surface area contributed by atoms with E-state index in [4.69, 9.17) is 9.47 Å². The molecule has 1 aromatic heterocycles. The molecule has 0 atom stereocenters. The van der Waals surface area contributed by atoms with Crippen LogP contribution in [-0.2, 0) is 17.7 Å². The maximum Gasteiger partial charge on any atom is 0.165 e. The highest BCUT2D eigenvalue weighted by Crippen LogP contribution is 2.23. The van der Waals surface area contributed by atoms with E-state index in [9.17, 15) is 4.39 Å². The molecule has 0 aliphatic rings. The molecule has 0 fully saturated rings. The monoisotopic (exact) mass is 309 g/mol. The van der Waals surface area contributed by atoms with Gasteiger partial charge in [0.15, 0.2) is 11.6 Å². The Labute approximate surface area is 128 Å². The molecule has 0 radical (unpaired) electrons. The minimum atomic E-state index is -0.313. The fourth-order valence-corrected chi connectivity index (χ4v) is 2.65. The van der Waals surface area contributed by atoms with Gasteiger partial charge in [-0.3, -0.25) is 0 Å². The lowest BCUT2D eigenvalue weighted by molar-refractivity contribution is 0.199. The number of hydrogen-bond acceptors (Lipinski definition) is 4. The quantitative estimate of drug-likeness (QED) is 0.721. The number of hydrogen-bond donors (Lipinski definition) is 1. The van der Waals surface area contributed by atoms with Crippen molar-refractivity contribution in [3.8, 4) is 5.75 Å². The van der Waals surface area contributed by atoms with Gasteiger partial charge in [-0.15, -0.1) is 11.3 Å². The van der Waals surface area contributed by atoms with Gasteiger partial charge < -0.3 is 14.8 Å². The van der Waals surface area contributed by atoms with E-state index in [0.717, 1.165) is 18.5 Å². The number of halogens is 1. The minimum absolute atomic E-state index is 0.313. The lowest BCUT2D eigenvalue weighted by Crippen LogP contribution is -2.19. The summed E-state index contributed by atoms with van der Waals surface area (Å²) in [5.41, 5.74) is 0.831. The van der Waals surface area contributed by atoms with E-state index < -0.39 is 0 Å². The Kier molecular flexibility index (Phi) is 6.66. The average molecular weight is 309 g/mol. The van der Waals surface area contributed by atoms with Crippen LogP contribution in [0, 0.1) is 5.82 Å². The molecule has 2 rings (SSSR count). The zero-order chi connectivity index (χ0) is 14.9. The number of para-hydroxylation sites is 1. The van der Waals surface area contributed by atoms with Crippen molar-refractivity contribution >= 4 is 11.3 Å². The van der Waals surface area contributed by atoms with Gasteiger partial charge in [-0.1, -0.05) is 18.2 Å². The second-order valence-electron chi connectivity index (χ2n) is 4.58. The van der Waals surface area contributed by atoms with E-state index in [1.807, 2.05) is 17.5 Å². The van der Waals surface area contributed by atoms with Crippen molar-refractivity contribution in [1.29, 1.82) is 0 Å². The van der Waals surface area contributed by atoms with Gasteiger partial charge in [-0.25, -0.2) is 4.39 Å². The Bertz CT molecular complexity index is 531. The Morgan fingerprint density at radius 2 is 2.10 bits per heavy atom. The van der Waals surface area contributed by atoms with E-state index in [-0.39, 0.29) is 5.82 Å². The number of thiophene rings is 1. The molecular weight excluding hydrogens is 289 g/mol. The van der Waals surface area contributed by atoms with Crippen molar-refractivity contribution in [1.82, 2.24) is 5.32 Å². The summed E-state index contributed by atoms with van der Waals surface area (Å²) in [5, 5.41) is 5.24. The molecular formula is C16H20FNO2S. The highest BCUT2D eigenvalue weighted by Gasteiger charge is 2.09. The highest BCUT2D eigenvalue weighted by atomic mass is 32.1. The maximum absolute atomic E-state index is 13.9. The first kappa shape index (κ1) is 15.9. The first-order valence-corrected chi connectivity index (χ1v) is 7.81. The molecule has 1 heterocycles. The second kappa shape index (κ2) is 8.77. The van der Waals surface area contributed by atoms with Crippen molar-refractivity contribution in [2.45, 2.75) is 13.0 Å². The maximum atomic E-state index is 13.9. The number of methoxy groups -OCH3 is 1. The Morgan fingerprint density at radius 1 is 1.19 bits per heavy atom. The largest absolute Gasteiger partial charge is 0.490 e. The Balaban J connectivity index is 1.90. The molecule has 21 heavy (non-hydrogen) atoms. The van der Waals surface area contributed by atoms with Crippen molar-refractivity contribution in [2.24, 2.45) is 0 Å². The standard InChI is InChI=1S/C16H20FNO2S/c1-19-10-8-18-12-13-4-2-6-15(17)16(13)20-9-7-14-5-3-11-21-14/h2-6,11,18H,7-10,12H2,1H3. The number of benzene rings is 1. The summed E-state index contributed by atoms with van der Waals surface area (Å²) in [7, 11) is 1.66. The third-order valence-corrected chi connectivity index (χ3v) is 3.96. The minimum Gasteiger partial charge on any atom is -0.490 e. The van der Waals surface area contributed by atoms with E-state index in [1.54, 1.807) is 24.5 Å². The highest BCUT2D eigenvalue weighted by molar-refractivity contribution is 7.09. The average Bonchev–Trinajstić information content (AvgIpc) is 2.99. The second-order valence-corrected chi connectivity index (χ2v) is 5.61. The number of nitrogens with one attached hydrogen (secondary N) is 1. The molecule has 3 nitrogen and oxygen atoms in total. The molecule has 2 aromatic rings. The van der Waals surface area contributed by atoms with E-state index >= 15 is 0 Å². The van der Waals surface area contributed by atoms with Crippen LogP contribution in [-0.4, -0.2) is 26.9 Å². The molecule has 0 bridgehead atoms. The molecule has 0 aliphatic heterocycles. The van der Waals surface area contributed by atoms with E-state index in [0.29, 0.717) is 25.5 Å². The lowest BCUT2D eigenvalue weighted by atomic mass is 10.2. The molecule has 0 spiro atoms. The fourth-order valence-electron chi connectivity index (χ4n) is 1.96. The SMILES string of the molecule is COCCNCc1cccc(F)c1OCCc1cccs1. The summed E-state index contributed by atoms with van der Waals surface area (Å²) in [6.07, 6.45) is 0.794. The molecule has 0 saturated carbocycles. The van der Waals surface area contributed by atoms with Gasteiger partial charge in [0.1, 0.15) is 0 Å². The third-order valence-electron chi connectivity index (χ3n) is 3.02. The summed E-state index contributed by atoms with van der Waals surface area (Å²) in [6, 6.07) is 9.08. The van der Waals surface area contributed by atoms with Crippen molar-refractivity contribution in [3.05, 3.63) is 52.0 Å². The van der Waals surface area contributed by atoms with Crippen LogP contribution in [0.15, 0.2) is 35.7 Å². The summed E-state index contributed by atoms with van der Waals surface area (Å²) in [6.45, 7) is 2.40. The topological polar surface area (TPSA) is 30.5 Å². The van der Waals surface area contributed by atoms with Crippen LogP contribution in [0.4, 0.5) is 4.39 Å². The predicted octanol–water partition coefficient (Wildman–Crippen LogP) is 3.24. The van der Waals surface area contributed by atoms with Crippen molar-refractivity contribution < 1.29 is 13.9 Å². The summed E-state index contributed by atoms with van der Waals surface area (Å²) >= 11 is 1.69. The molecule has 114 valence electrons. The van der Waals surface area contributed by atoms with Crippen LogP contribution in [0.3, 0.4) is 0 Å². The van der Waals surface area contributed by atoms with Crippen LogP contribution < -0.4 is 10.1 Å². The lowest BCUT2D eigenvalue weighted by Gasteiger charge is -2.13. The molecule has 5 heteroatoms. The first-order valence-electron chi connectivity index (χ1n) is 6.93. The summed E-state index contributed by atoms with van der Waals surface area (Å²) < 4.78 is 24.5. The summed E-state index contributed by atoms with van der Waals surface area (Å²) in [4.78, 5) is 1.24. The van der Waals surface area contributed by atoms with Crippen molar-refractivity contribution in [2.75, 3.05) is 26.9 Å². The van der Waals surface area contributed by atoms with Gasteiger partial charge in [-0.2, -0.15) is 0 Å². The van der Waals surface area contributed by atoms with E-state index in [1.165, 1.54) is 10.9 Å². The molecule has 0 saturated heterocycles. The van der Waals surface area contributed by atoms with Gasteiger partial charge in [0.05, 0.1) is 13.2 Å². The third kappa shape index (κ3) is 5.12. The summed E-state index contributed by atoms with van der Waals surface area (Å²) in [5.74, 6) is 0.0335.